The summed E-state index contributed by atoms with van der Waals surface area (Å²) in [6, 6.07) is 4.54. The molecule has 0 saturated heterocycles. The Kier molecular flexibility index (Phi) is 6.13. The molecule has 0 aliphatic carbocycles. The van der Waals surface area contributed by atoms with Crippen LogP contribution in [0.1, 0.15) is 62.1 Å². The van der Waals surface area contributed by atoms with Crippen molar-refractivity contribution in [2.24, 2.45) is 11.3 Å². The molecule has 0 N–H and O–H groups in total. The Balaban J connectivity index is 2.78. The molecular weight excluding hydrogens is 364 g/mol. The van der Waals surface area contributed by atoms with E-state index >= 15 is 0 Å². The monoisotopic (exact) mass is 388 g/mol. The summed E-state index contributed by atoms with van der Waals surface area (Å²) in [5.41, 5.74) is 4.52. The zero-order valence-corrected chi connectivity index (χ0v) is 16.2. The van der Waals surface area contributed by atoms with E-state index in [1.165, 1.54) is 34.0 Å². The van der Waals surface area contributed by atoms with E-state index in [0.717, 1.165) is 5.92 Å². The maximum Gasteiger partial charge on any atom is 0.0400 e. The van der Waals surface area contributed by atoms with E-state index in [4.69, 9.17) is 0 Å². The molecule has 0 amide bonds. The van der Waals surface area contributed by atoms with E-state index in [9.17, 15) is 0 Å². The summed E-state index contributed by atoms with van der Waals surface area (Å²) in [6.07, 6.45) is 2.46. The second-order valence-corrected chi connectivity index (χ2v) is 8.99. The minimum atomic E-state index is 0.414. The number of benzene rings is 1. The lowest BCUT2D eigenvalue weighted by Crippen LogP contribution is -2.12. The molecule has 2 unspecified atom stereocenters. The summed E-state index contributed by atoms with van der Waals surface area (Å²) >= 11 is 7.49. The first kappa shape index (κ1) is 17.2. The van der Waals surface area contributed by atoms with Crippen LogP contribution in [-0.4, -0.2) is 0 Å². The third kappa shape index (κ3) is 5.59. The average Bonchev–Trinajstić information content (AvgIpc) is 2.20. The van der Waals surface area contributed by atoms with Crippen LogP contribution in [0, 0.1) is 25.2 Å². The fraction of sp³-hybridized carbons (Fsp3) is 0.647. The van der Waals surface area contributed by atoms with Gasteiger partial charge in [0.25, 0.3) is 0 Å². The van der Waals surface area contributed by atoms with Gasteiger partial charge in [-0.2, -0.15) is 0 Å². The molecular formula is C17H26Br2. The highest BCUT2D eigenvalue weighted by atomic mass is 79.9. The van der Waals surface area contributed by atoms with Gasteiger partial charge >= 0.3 is 0 Å². The second kappa shape index (κ2) is 6.76. The highest BCUT2D eigenvalue weighted by Gasteiger charge is 2.20. The minimum Gasteiger partial charge on any atom is -0.0839 e. The van der Waals surface area contributed by atoms with Gasteiger partial charge in [-0.15, -0.1) is 0 Å². The summed E-state index contributed by atoms with van der Waals surface area (Å²) in [4.78, 5) is 0.455. The molecule has 0 saturated carbocycles. The van der Waals surface area contributed by atoms with Crippen LogP contribution in [0.3, 0.4) is 0 Å². The Bertz CT molecular complexity index is 430. The Labute approximate surface area is 135 Å². The molecule has 0 heterocycles. The van der Waals surface area contributed by atoms with Crippen molar-refractivity contribution in [2.45, 2.75) is 59.2 Å². The molecule has 0 aliphatic heterocycles. The first-order chi connectivity index (χ1) is 8.60. The van der Waals surface area contributed by atoms with Crippen LogP contribution in [0.5, 0.6) is 0 Å². The van der Waals surface area contributed by atoms with Crippen molar-refractivity contribution >= 4 is 31.9 Å². The van der Waals surface area contributed by atoms with Gasteiger partial charge in [0.05, 0.1) is 0 Å². The van der Waals surface area contributed by atoms with Gasteiger partial charge in [0.2, 0.25) is 0 Å². The largest absolute Gasteiger partial charge is 0.0839 e. The van der Waals surface area contributed by atoms with E-state index < -0.39 is 0 Å². The Morgan fingerprint density at radius 2 is 1.68 bits per heavy atom. The van der Waals surface area contributed by atoms with Gasteiger partial charge in [0.1, 0.15) is 0 Å². The van der Waals surface area contributed by atoms with Crippen molar-refractivity contribution in [3.8, 4) is 0 Å². The van der Waals surface area contributed by atoms with E-state index in [2.05, 4.69) is 85.5 Å². The lowest BCUT2D eigenvalue weighted by molar-refractivity contribution is 0.296. The average molecular weight is 390 g/mol. The van der Waals surface area contributed by atoms with Crippen LogP contribution in [0.4, 0.5) is 0 Å². The smallest absolute Gasteiger partial charge is 0.0400 e. The van der Waals surface area contributed by atoms with Gasteiger partial charge in [0, 0.05) is 9.30 Å². The van der Waals surface area contributed by atoms with Crippen molar-refractivity contribution in [3.63, 3.8) is 0 Å². The Hall–Kier alpha value is 0.180. The zero-order chi connectivity index (χ0) is 14.8. The summed E-state index contributed by atoms with van der Waals surface area (Å²) in [5.74, 6) is 0.729. The SMILES string of the molecule is Cc1cc(C(Br)CC(C)CC(C)(C)C)c(C)cc1Br. The predicted octanol–water partition coefficient (Wildman–Crippen LogP) is 6.96. The Morgan fingerprint density at radius 1 is 1.11 bits per heavy atom. The van der Waals surface area contributed by atoms with Crippen molar-refractivity contribution in [1.29, 1.82) is 0 Å². The fourth-order valence-electron chi connectivity index (χ4n) is 2.75. The molecule has 0 spiro atoms. The molecule has 0 aromatic heterocycles. The predicted molar refractivity (Wildman–Crippen MR) is 93.1 cm³/mol. The van der Waals surface area contributed by atoms with Gasteiger partial charge in [-0.3, -0.25) is 0 Å². The van der Waals surface area contributed by atoms with Crippen molar-refractivity contribution < 1.29 is 0 Å². The number of hydrogen-bond acceptors (Lipinski definition) is 0. The van der Waals surface area contributed by atoms with Crippen LogP contribution in [0.2, 0.25) is 0 Å². The lowest BCUT2D eigenvalue weighted by Gasteiger charge is -2.25. The van der Waals surface area contributed by atoms with Crippen LogP contribution in [-0.2, 0) is 0 Å². The second-order valence-electron chi connectivity index (χ2n) is 7.03. The number of aryl methyl sites for hydroxylation is 2. The summed E-state index contributed by atoms with van der Waals surface area (Å²) in [5, 5.41) is 0. The minimum absolute atomic E-state index is 0.414. The van der Waals surface area contributed by atoms with Crippen molar-refractivity contribution in [2.75, 3.05) is 0 Å². The van der Waals surface area contributed by atoms with Crippen molar-refractivity contribution in [1.82, 2.24) is 0 Å². The van der Waals surface area contributed by atoms with Gasteiger partial charge < -0.3 is 0 Å². The van der Waals surface area contributed by atoms with Crippen molar-refractivity contribution in [3.05, 3.63) is 33.3 Å². The summed E-state index contributed by atoms with van der Waals surface area (Å²) < 4.78 is 1.20. The number of hydrogen-bond donors (Lipinski definition) is 0. The molecule has 1 rings (SSSR count). The number of rotatable bonds is 4. The van der Waals surface area contributed by atoms with Crippen LogP contribution >= 0.6 is 31.9 Å². The molecule has 0 nitrogen and oxygen atoms in total. The summed E-state index contributed by atoms with van der Waals surface area (Å²) in [7, 11) is 0. The normalized spacial score (nSPS) is 15.4. The van der Waals surface area contributed by atoms with E-state index in [1.54, 1.807) is 0 Å². The quantitative estimate of drug-likeness (QED) is 0.488. The maximum atomic E-state index is 3.89. The lowest BCUT2D eigenvalue weighted by atomic mass is 9.83. The molecule has 2 atom stereocenters. The van der Waals surface area contributed by atoms with Gasteiger partial charge in [-0.1, -0.05) is 65.6 Å². The van der Waals surface area contributed by atoms with Crippen LogP contribution < -0.4 is 0 Å². The molecule has 108 valence electrons. The number of alkyl halides is 1. The molecule has 2 heteroatoms. The topological polar surface area (TPSA) is 0 Å². The molecule has 19 heavy (non-hydrogen) atoms. The van der Waals surface area contributed by atoms with Gasteiger partial charge in [0.15, 0.2) is 0 Å². The van der Waals surface area contributed by atoms with Gasteiger partial charge in [-0.25, -0.2) is 0 Å². The van der Waals surface area contributed by atoms with Crippen LogP contribution in [0.25, 0.3) is 0 Å². The van der Waals surface area contributed by atoms with E-state index in [0.29, 0.717) is 10.2 Å². The van der Waals surface area contributed by atoms with E-state index in [-0.39, 0.29) is 0 Å². The van der Waals surface area contributed by atoms with E-state index in [1.807, 2.05) is 0 Å². The molecule has 1 aromatic rings. The van der Waals surface area contributed by atoms with Gasteiger partial charge in [-0.05, 0) is 60.8 Å². The first-order valence-corrected chi connectivity index (χ1v) is 8.71. The zero-order valence-electron chi connectivity index (χ0n) is 13.0. The number of halogens is 2. The fourth-order valence-corrected chi connectivity index (χ4v) is 4.34. The Morgan fingerprint density at radius 3 is 2.21 bits per heavy atom. The molecule has 1 aromatic carbocycles. The highest BCUT2D eigenvalue weighted by Crippen LogP contribution is 2.37. The molecule has 0 fully saturated rings. The molecule has 0 aliphatic rings. The third-order valence-corrected chi connectivity index (χ3v) is 5.18. The third-order valence-electron chi connectivity index (χ3n) is 3.45. The molecule has 0 radical (unpaired) electrons. The maximum absolute atomic E-state index is 3.89. The highest BCUT2D eigenvalue weighted by molar-refractivity contribution is 9.10. The summed E-state index contributed by atoms with van der Waals surface area (Å²) in [6.45, 7) is 13.7. The first-order valence-electron chi connectivity index (χ1n) is 7.01. The standard InChI is InChI=1S/C17H26Br2/c1-11(10-17(4,5)6)7-16(19)14-8-13(3)15(18)9-12(14)2/h8-9,11,16H,7,10H2,1-6H3. The molecule has 0 bridgehead atoms. The van der Waals surface area contributed by atoms with Crippen LogP contribution in [0.15, 0.2) is 16.6 Å².